The third kappa shape index (κ3) is 11.7. The highest BCUT2D eigenvalue weighted by Gasteiger charge is 2.65. The number of rotatable bonds is 21. The molecule has 2 spiro atoms. The van der Waals surface area contributed by atoms with Crippen LogP contribution in [0.3, 0.4) is 0 Å². The number of unbranched alkanes of at least 4 members (excludes halogenated alkanes) is 2. The van der Waals surface area contributed by atoms with Crippen LogP contribution in [0.1, 0.15) is 116 Å². The second-order valence-corrected chi connectivity index (χ2v) is 21.4. The van der Waals surface area contributed by atoms with Crippen LogP contribution in [0.4, 0.5) is 0 Å². The average Bonchev–Trinajstić information content (AvgIpc) is 3.96. The summed E-state index contributed by atoms with van der Waals surface area (Å²) in [7, 11) is 1.60. The highest BCUT2D eigenvalue weighted by molar-refractivity contribution is 5.87. The van der Waals surface area contributed by atoms with Crippen molar-refractivity contribution >= 4 is 5.97 Å². The van der Waals surface area contributed by atoms with Crippen LogP contribution in [0.15, 0.2) is 97.6 Å². The number of carboxylic acids is 1. The number of allylic oxidation sites excluding steroid dienone is 4. The third-order valence-corrected chi connectivity index (χ3v) is 16.4. The first-order valence-electron chi connectivity index (χ1n) is 26.4. The minimum atomic E-state index is -1.86. The minimum Gasteiger partial charge on any atom is -0.482 e. The summed E-state index contributed by atoms with van der Waals surface area (Å²) in [4.78, 5) is 11.6. The maximum atomic E-state index is 13.0. The number of nitrogens with zero attached hydrogens (tertiary/aromatic N) is 2. The van der Waals surface area contributed by atoms with Gasteiger partial charge in [0.15, 0.2) is 5.60 Å². The van der Waals surface area contributed by atoms with Gasteiger partial charge < -0.3 is 64.0 Å². The van der Waals surface area contributed by atoms with Crippen molar-refractivity contribution in [2.75, 3.05) is 26.9 Å². The molecule has 15 heteroatoms. The number of aliphatic hydroxyl groups is 6. The summed E-state index contributed by atoms with van der Waals surface area (Å²) in [5.74, 6) is 1.71. The Morgan fingerprint density at radius 1 is 1.08 bits per heavy atom. The Morgan fingerprint density at radius 2 is 1.89 bits per heavy atom. The van der Waals surface area contributed by atoms with Crippen molar-refractivity contribution in [3.63, 3.8) is 0 Å². The molecule has 3 bridgehead atoms. The van der Waals surface area contributed by atoms with Gasteiger partial charge in [0.05, 0.1) is 47.8 Å². The largest absolute Gasteiger partial charge is 0.482 e. The quantitative estimate of drug-likeness (QED) is 0.0334. The average molecular weight is 1020 g/mol. The maximum absolute atomic E-state index is 13.0. The summed E-state index contributed by atoms with van der Waals surface area (Å²) >= 11 is 0. The van der Waals surface area contributed by atoms with Gasteiger partial charge in [0, 0.05) is 68.5 Å². The van der Waals surface area contributed by atoms with Crippen molar-refractivity contribution in [2.24, 2.45) is 29.1 Å². The van der Waals surface area contributed by atoms with Crippen molar-refractivity contribution in [2.45, 2.75) is 151 Å². The number of nitriles is 1. The fraction of sp³-hybridized carbons (Fsp3) is 0.559. The topological polar surface area (TPSA) is 234 Å². The van der Waals surface area contributed by atoms with Gasteiger partial charge in [-0.25, -0.2) is 4.79 Å². The van der Waals surface area contributed by atoms with Crippen molar-refractivity contribution < 1.29 is 64.2 Å². The molecule has 4 aliphatic heterocycles. The van der Waals surface area contributed by atoms with Gasteiger partial charge in [0.25, 0.3) is 0 Å². The van der Waals surface area contributed by atoms with Gasteiger partial charge in [-0.2, -0.15) is 5.26 Å². The van der Waals surface area contributed by atoms with Crippen LogP contribution >= 0.6 is 0 Å². The molecule has 15 nitrogen and oxygen atoms in total. The van der Waals surface area contributed by atoms with E-state index < -0.39 is 71.4 Å². The standard InChI is InChI=1S/C59H74N2O13/c1-4-6-7-11-47-31-57(22-20-45-27-40(30-58(45,69)37-57)26-38-14-16-42(17-15-38)55(67)68)48-32-59(74-47)54(66)52(65)53(51(13-8-24-62)71-25-9-12-50(48)64)73-56(59)72-46-19-18-41(10-5-2)43(29-46)28-44(36-70-3)49(35-63)61-23-21-39(33-60)34-61/h5,14-23,29,31,34,40,44-45,48-54,56,62-66,69H,2,4,6-8,10-13,24,26-28,30,32,35-37H2,1,3H3,(H,67,68)/t40-,44-,45+,48+,49-,50-,51+,52-,53-,54+,56+,57+,58+,59-/m1/s1. The highest BCUT2D eigenvalue weighted by atomic mass is 16.7. The summed E-state index contributed by atoms with van der Waals surface area (Å²) in [5, 5.41) is 90.7. The Bertz CT molecular complexity index is 2580. The van der Waals surface area contributed by atoms with E-state index >= 15 is 0 Å². The number of fused-ring (bicyclic) bond motifs is 7. The second kappa shape index (κ2) is 24.0. The van der Waals surface area contributed by atoms with Crippen LogP contribution in [-0.4, -0.2) is 121 Å². The van der Waals surface area contributed by atoms with E-state index in [1.165, 1.54) is 0 Å². The summed E-state index contributed by atoms with van der Waals surface area (Å²) in [6.07, 6.45) is 12.5. The lowest BCUT2D eigenvalue weighted by Crippen LogP contribution is -2.71. The molecule has 2 aromatic carbocycles. The molecule has 7 N–H and O–H groups in total. The number of aliphatic hydroxyl groups excluding tert-OH is 5. The van der Waals surface area contributed by atoms with Gasteiger partial charge in [0.1, 0.15) is 42.3 Å². The number of aromatic carboxylic acids is 1. The molecule has 398 valence electrons. The highest BCUT2D eigenvalue weighted by Crippen LogP contribution is 2.59. The van der Waals surface area contributed by atoms with E-state index in [-0.39, 0.29) is 75.2 Å². The van der Waals surface area contributed by atoms with Crippen molar-refractivity contribution in [3.8, 4) is 23.8 Å². The van der Waals surface area contributed by atoms with E-state index in [0.29, 0.717) is 55.6 Å². The van der Waals surface area contributed by atoms with E-state index in [1.807, 2.05) is 34.9 Å². The van der Waals surface area contributed by atoms with Crippen molar-refractivity contribution in [3.05, 3.63) is 125 Å². The number of carboxylic acid groups (broad SMARTS) is 1. The molecule has 1 saturated heterocycles. The van der Waals surface area contributed by atoms with Crippen LogP contribution in [-0.2, 0) is 38.2 Å². The number of carbonyl (C=O) groups is 1. The van der Waals surface area contributed by atoms with Gasteiger partial charge in [-0.05, 0) is 117 Å². The number of hydrogen-bond acceptors (Lipinski definition) is 13. The number of benzene rings is 2. The van der Waals surface area contributed by atoms with E-state index in [0.717, 1.165) is 36.0 Å². The summed E-state index contributed by atoms with van der Waals surface area (Å²) in [5.41, 5.74) is -0.645. The van der Waals surface area contributed by atoms with Crippen LogP contribution in [0.2, 0.25) is 0 Å². The van der Waals surface area contributed by atoms with Crippen LogP contribution in [0.5, 0.6) is 5.75 Å². The van der Waals surface area contributed by atoms with Gasteiger partial charge in [-0.3, -0.25) is 0 Å². The molecule has 5 heterocycles. The molecule has 3 aromatic rings. The predicted molar refractivity (Wildman–Crippen MR) is 274 cm³/mol. The fourth-order valence-corrected chi connectivity index (χ4v) is 12.7. The molecule has 6 aliphatic rings. The second-order valence-electron chi connectivity index (χ2n) is 21.4. The monoisotopic (exact) mass is 1020 g/mol. The Kier molecular flexibility index (Phi) is 17.8. The zero-order chi connectivity index (χ0) is 52.6. The third-order valence-electron chi connectivity index (χ3n) is 16.4. The van der Waals surface area contributed by atoms with Gasteiger partial charge in [-0.15, -0.1) is 6.58 Å². The summed E-state index contributed by atoms with van der Waals surface area (Å²) < 4.78 is 34.9. The van der Waals surface area contributed by atoms with E-state index in [2.05, 4.69) is 43.8 Å². The molecule has 2 aliphatic carbocycles. The van der Waals surface area contributed by atoms with Crippen LogP contribution < -0.4 is 4.74 Å². The van der Waals surface area contributed by atoms with E-state index in [1.54, 1.807) is 49.8 Å². The Morgan fingerprint density at radius 3 is 2.59 bits per heavy atom. The molecular formula is C59H74N2O13. The van der Waals surface area contributed by atoms with Gasteiger partial charge in [-0.1, -0.05) is 62.1 Å². The Balaban J connectivity index is 1.20. The fourth-order valence-electron chi connectivity index (χ4n) is 12.7. The van der Waals surface area contributed by atoms with E-state index in [4.69, 9.17) is 23.7 Å². The molecule has 14 atom stereocenters. The molecule has 1 saturated carbocycles. The molecule has 74 heavy (non-hydrogen) atoms. The molecule has 0 radical (unpaired) electrons. The molecule has 9 rings (SSSR count). The first kappa shape index (κ1) is 54.8. The smallest absolute Gasteiger partial charge is 0.335 e. The number of hydrogen-bond donors (Lipinski definition) is 7. The molecular weight excluding hydrogens is 945 g/mol. The Labute approximate surface area is 434 Å². The first-order chi connectivity index (χ1) is 35.7. The molecule has 0 unspecified atom stereocenters. The van der Waals surface area contributed by atoms with Crippen molar-refractivity contribution in [1.29, 1.82) is 5.26 Å². The zero-order valence-electron chi connectivity index (χ0n) is 42.6. The van der Waals surface area contributed by atoms with E-state index in [9.17, 15) is 45.8 Å². The number of aromatic nitrogens is 1. The first-order valence-corrected chi connectivity index (χ1v) is 26.4. The minimum absolute atomic E-state index is 0.0268. The van der Waals surface area contributed by atoms with Gasteiger partial charge in [0.2, 0.25) is 6.29 Å². The molecule has 1 aromatic heterocycles. The van der Waals surface area contributed by atoms with Crippen LogP contribution in [0.25, 0.3) is 0 Å². The zero-order valence-corrected chi connectivity index (χ0v) is 42.6. The molecule has 2 fully saturated rings. The summed E-state index contributed by atoms with van der Waals surface area (Å²) in [6.45, 7) is 6.00. The lowest BCUT2D eigenvalue weighted by molar-refractivity contribution is -0.337. The maximum Gasteiger partial charge on any atom is 0.335 e. The van der Waals surface area contributed by atoms with Gasteiger partial charge >= 0.3 is 5.97 Å². The number of methoxy groups -OCH3 is 1. The summed E-state index contributed by atoms with van der Waals surface area (Å²) in [6, 6.07) is 15.9. The van der Waals surface area contributed by atoms with Crippen molar-refractivity contribution in [1.82, 2.24) is 4.57 Å². The Hall–Kier alpha value is -5.46. The lowest BCUT2D eigenvalue weighted by atomic mass is 9.58. The number of ether oxygens (including phenoxy) is 5. The predicted octanol–water partition coefficient (Wildman–Crippen LogP) is 6.72. The SMILES string of the molecule is C=CCc1ccc(O[C@H]2O[C@H]3[C@@H](O)[C@H](O)[C@]24C[C@@H]([C@H](O)CC#CO[C@H]3CCCO)[C@@]2(C=C[C@H]3C[C@@H](Cc5ccc(C(=O)O)cc5)C[C@]3(O)C2)C=C(CCCCC)O4)cc1C[C@H](COC)[C@@H](CO)n1ccc(C#N)c1. The molecule has 0 amide bonds. The van der Waals surface area contributed by atoms with Crippen LogP contribution in [0, 0.1) is 52.4 Å². The normalized spacial score (nSPS) is 31.9. The lowest BCUT2D eigenvalue weighted by Gasteiger charge is -2.53.